The van der Waals surface area contributed by atoms with Gasteiger partial charge in [0, 0.05) is 26.8 Å². The molecule has 9 heavy (non-hydrogen) atoms. The average Bonchev–Trinajstić information content (AvgIpc) is 1.81. The average molecular weight is 300 g/mol. The topological polar surface area (TPSA) is 17.1 Å². The summed E-state index contributed by atoms with van der Waals surface area (Å²) in [4.78, 5) is 9.77. The third-order valence-corrected chi connectivity index (χ3v) is 1.18. The largest absolute Gasteiger partial charge is 0.303 e. The van der Waals surface area contributed by atoms with E-state index in [0.717, 1.165) is 19.1 Å². The molecule has 0 aromatic rings. The Balaban J connectivity index is 0. The zero-order chi connectivity index (χ0) is 6.24. The van der Waals surface area contributed by atoms with E-state index in [0.29, 0.717) is 0 Å². The number of rotatable bonds is 5. The van der Waals surface area contributed by atoms with Crippen molar-refractivity contribution in [1.82, 2.24) is 0 Å². The molecule has 0 aliphatic carbocycles. The van der Waals surface area contributed by atoms with Crippen molar-refractivity contribution in [3.8, 4) is 0 Å². The summed E-state index contributed by atoms with van der Waals surface area (Å²) in [5.74, 6) is 0. The van der Waals surface area contributed by atoms with E-state index in [1.165, 1.54) is 19.3 Å². The molecular weight excluding hydrogens is 286 g/mol. The predicted molar refractivity (Wildman–Crippen MR) is 34.8 cm³/mol. The van der Waals surface area contributed by atoms with Gasteiger partial charge in [-0.15, -0.1) is 0 Å². The zero-order valence-electron chi connectivity index (χ0n) is 5.90. The molecule has 0 bridgehead atoms. The minimum atomic E-state index is 0. The van der Waals surface area contributed by atoms with Gasteiger partial charge in [-0.25, -0.2) is 0 Å². The van der Waals surface area contributed by atoms with Gasteiger partial charge in [0.2, 0.25) is 0 Å². The maximum Gasteiger partial charge on any atom is 0.119 e. The summed E-state index contributed by atoms with van der Waals surface area (Å²) in [5, 5.41) is 0. The van der Waals surface area contributed by atoms with Crippen molar-refractivity contribution in [3.05, 3.63) is 0 Å². The smallest absolute Gasteiger partial charge is 0.119 e. The van der Waals surface area contributed by atoms with Crippen molar-refractivity contribution in [2.75, 3.05) is 0 Å². The first-order valence-corrected chi connectivity index (χ1v) is 3.35. The third kappa shape index (κ3) is 11.8. The summed E-state index contributed by atoms with van der Waals surface area (Å²) in [6, 6.07) is 0. The van der Waals surface area contributed by atoms with Crippen molar-refractivity contribution < 1.29 is 25.2 Å². The fourth-order valence-electron chi connectivity index (χ4n) is 0.654. The van der Waals surface area contributed by atoms with Crippen LogP contribution >= 0.6 is 0 Å². The standard InChI is InChI=1S/C7H14O.Re/c1-2-3-4-5-6-7-8;/h7H,2-6H2,1H3;. The Hall–Kier alpha value is 0.332. The van der Waals surface area contributed by atoms with Crippen LogP contribution in [0.3, 0.4) is 0 Å². The number of hydrogen-bond donors (Lipinski definition) is 0. The van der Waals surface area contributed by atoms with E-state index in [9.17, 15) is 4.79 Å². The Morgan fingerprint density at radius 1 is 1.22 bits per heavy atom. The monoisotopic (exact) mass is 301 g/mol. The van der Waals surface area contributed by atoms with Crippen LogP contribution in [0.25, 0.3) is 0 Å². The van der Waals surface area contributed by atoms with Gasteiger partial charge in [0.25, 0.3) is 0 Å². The van der Waals surface area contributed by atoms with Gasteiger partial charge >= 0.3 is 0 Å². The molecule has 0 saturated carbocycles. The molecule has 2 heteroatoms. The Kier molecular flexibility index (Phi) is 15.0. The van der Waals surface area contributed by atoms with Crippen LogP contribution in [-0.2, 0) is 25.2 Å². The van der Waals surface area contributed by atoms with Crippen molar-refractivity contribution in [2.24, 2.45) is 0 Å². The van der Waals surface area contributed by atoms with Gasteiger partial charge in [-0.2, -0.15) is 0 Å². The first-order chi connectivity index (χ1) is 3.91. The minimum Gasteiger partial charge on any atom is -0.303 e. The van der Waals surface area contributed by atoms with Gasteiger partial charge in [-0.3, -0.25) is 0 Å². The molecule has 0 atom stereocenters. The van der Waals surface area contributed by atoms with Crippen molar-refractivity contribution >= 4 is 6.29 Å². The summed E-state index contributed by atoms with van der Waals surface area (Å²) in [7, 11) is 0. The van der Waals surface area contributed by atoms with E-state index < -0.39 is 0 Å². The van der Waals surface area contributed by atoms with Crippen LogP contribution in [-0.4, -0.2) is 6.29 Å². The first kappa shape index (κ1) is 12.1. The molecule has 1 nitrogen and oxygen atoms in total. The molecule has 0 heterocycles. The molecule has 1 radical (unpaired) electrons. The molecule has 55 valence electrons. The Morgan fingerprint density at radius 3 is 2.33 bits per heavy atom. The van der Waals surface area contributed by atoms with Crippen LogP contribution < -0.4 is 0 Å². The van der Waals surface area contributed by atoms with Crippen molar-refractivity contribution in [2.45, 2.75) is 39.0 Å². The van der Waals surface area contributed by atoms with Crippen molar-refractivity contribution in [3.63, 3.8) is 0 Å². The fraction of sp³-hybridized carbons (Fsp3) is 0.857. The van der Waals surface area contributed by atoms with Gasteiger partial charge in [0.05, 0.1) is 0 Å². The van der Waals surface area contributed by atoms with E-state index in [1.807, 2.05) is 0 Å². The normalized spacial score (nSPS) is 8.11. The van der Waals surface area contributed by atoms with Gasteiger partial charge in [-0.05, 0) is 6.42 Å². The number of aldehydes is 1. The van der Waals surface area contributed by atoms with E-state index in [-0.39, 0.29) is 20.4 Å². The SMILES string of the molecule is CCCCCCC=O.[Re]. The zero-order valence-corrected chi connectivity index (χ0v) is 8.61. The van der Waals surface area contributed by atoms with Crippen LogP contribution in [0, 0.1) is 0 Å². The molecule has 0 saturated heterocycles. The molecule has 0 N–H and O–H groups in total. The Morgan fingerprint density at radius 2 is 1.89 bits per heavy atom. The molecule has 0 spiro atoms. The van der Waals surface area contributed by atoms with E-state index >= 15 is 0 Å². The van der Waals surface area contributed by atoms with Crippen molar-refractivity contribution in [1.29, 1.82) is 0 Å². The molecule has 0 fully saturated rings. The summed E-state index contributed by atoms with van der Waals surface area (Å²) < 4.78 is 0. The fourth-order valence-corrected chi connectivity index (χ4v) is 0.654. The van der Waals surface area contributed by atoms with Gasteiger partial charge in [0.15, 0.2) is 0 Å². The second kappa shape index (κ2) is 11.2. The van der Waals surface area contributed by atoms with Crippen LogP contribution in [0.4, 0.5) is 0 Å². The van der Waals surface area contributed by atoms with Crippen LogP contribution in [0.15, 0.2) is 0 Å². The molecule has 0 rings (SSSR count). The molecular formula is C7H14ORe. The number of unbranched alkanes of at least 4 members (excludes halogenated alkanes) is 4. The maximum absolute atomic E-state index is 9.77. The maximum atomic E-state index is 9.77. The molecule has 0 aromatic carbocycles. The van der Waals surface area contributed by atoms with Gasteiger partial charge < -0.3 is 4.79 Å². The minimum absolute atomic E-state index is 0. The Labute approximate surface area is 70.9 Å². The van der Waals surface area contributed by atoms with Crippen LogP contribution in [0.1, 0.15) is 39.0 Å². The van der Waals surface area contributed by atoms with E-state index in [2.05, 4.69) is 6.92 Å². The second-order valence-corrected chi connectivity index (χ2v) is 2.02. The molecule has 0 unspecified atom stereocenters. The van der Waals surface area contributed by atoms with E-state index in [1.54, 1.807) is 0 Å². The Bertz CT molecular complexity index is 54.9. The number of carbonyl (C=O) groups excluding carboxylic acids is 1. The van der Waals surface area contributed by atoms with Crippen LogP contribution in [0.5, 0.6) is 0 Å². The first-order valence-electron chi connectivity index (χ1n) is 3.35. The third-order valence-electron chi connectivity index (χ3n) is 1.18. The van der Waals surface area contributed by atoms with Gasteiger partial charge in [0.1, 0.15) is 6.29 Å². The summed E-state index contributed by atoms with van der Waals surface area (Å²) in [6.07, 6.45) is 6.56. The van der Waals surface area contributed by atoms with Gasteiger partial charge in [-0.1, -0.05) is 26.2 Å². The molecule has 0 aromatic heterocycles. The summed E-state index contributed by atoms with van der Waals surface area (Å²) in [6.45, 7) is 2.17. The quantitative estimate of drug-likeness (QED) is 0.562. The van der Waals surface area contributed by atoms with E-state index in [4.69, 9.17) is 0 Å². The number of hydrogen-bond acceptors (Lipinski definition) is 1. The molecule has 0 aliphatic heterocycles. The van der Waals surface area contributed by atoms with Crippen LogP contribution in [0.2, 0.25) is 0 Å². The predicted octanol–water partition coefficient (Wildman–Crippen LogP) is 2.15. The summed E-state index contributed by atoms with van der Waals surface area (Å²) >= 11 is 0. The summed E-state index contributed by atoms with van der Waals surface area (Å²) in [5.41, 5.74) is 0. The number of carbonyl (C=O) groups is 1. The molecule has 0 aliphatic rings. The molecule has 0 amide bonds. The second-order valence-electron chi connectivity index (χ2n) is 2.02.